The Hall–Kier alpha value is -2.82. The molecule has 0 bridgehead atoms. The van der Waals surface area contributed by atoms with E-state index in [1.807, 2.05) is 30.3 Å². The molecule has 1 aromatic heterocycles. The first-order chi connectivity index (χ1) is 13.3. The summed E-state index contributed by atoms with van der Waals surface area (Å²) in [5.74, 6) is 3.22. The molecule has 0 radical (unpaired) electrons. The lowest BCUT2D eigenvalue weighted by molar-refractivity contribution is 0.0769. The average molecular weight is 363 g/mol. The first-order valence-electron chi connectivity index (χ1n) is 9.54. The highest BCUT2D eigenvalue weighted by molar-refractivity contribution is 5.83. The van der Waals surface area contributed by atoms with Crippen LogP contribution in [-0.4, -0.2) is 24.0 Å². The molecule has 1 heterocycles. The first-order valence-corrected chi connectivity index (χ1v) is 9.54. The maximum atomic E-state index is 10.9. The Bertz CT molecular complexity index is 975. The van der Waals surface area contributed by atoms with Crippen LogP contribution in [0.4, 0.5) is 0 Å². The molecule has 5 rings (SSSR count). The molecule has 0 saturated heterocycles. The van der Waals surface area contributed by atoms with Crippen molar-refractivity contribution in [3.05, 3.63) is 53.9 Å². The van der Waals surface area contributed by atoms with Crippen molar-refractivity contribution in [3.8, 4) is 11.5 Å². The fraction of sp³-hybridized carbons (Fsp3) is 0.364. The Balaban J connectivity index is 1.29. The van der Waals surface area contributed by atoms with E-state index in [-0.39, 0.29) is 12.0 Å². The van der Waals surface area contributed by atoms with Gasteiger partial charge in [-0.1, -0.05) is 6.07 Å². The van der Waals surface area contributed by atoms with E-state index in [0.717, 1.165) is 48.7 Å². The van der Waals surface area contributed by atoms with Crippen LogP contribution < -0.4 is 9.47 Å². The van der Waals surface area contributed by atoms with Crippen LogP contribution >= 0.6 is 0 Å². The van der Waals surface area contributed by atoms with Gasteiger partial charge in [-0.3, -0.25) is 4.79 Å². The number of rotatable bonds is 7. The summed E-state index contributed by atoms with van der Waals surface area (Å²) in [5.41, 5.74) is 2.02. The van der Waals surface area contributed by atoms with Gasteiger partial charge < -0.3 is 13.9 Å². The summed E-state index contributed by atoms with van der Waals surface area (Å²) in [6.45, 7) is 0.793. The number of aromatic nitrogens is 1. The number of nitrogens with zero attached hydrogens (tertiary/aromatic N) is 1. The number of carbonyl (C=O) groups excluding carboxylic acids is 1. The summed E-state index contributed by atoms with van der Waals surface area (Å²) < 4.78 is 17.9. The molecule has 2 saturated carbocycles. The molecule has 2 aliphatic carbocycles. The summed E-state index contributed by atoms with van der Waals surface area (Å²) in [6.07, 6.45) is 5.36. The second-order valence-electron chi connectivity index (χ2n) is 7.47. The number of oxazole rings is 1. The average Bonchev–Trinajstić information content (AvgIpc) is 3.42. The van der Waals surface area contributed by atoms with Crippen LogP contribution in [0, 0.1) is 5.92 Å². The van der Waals surface area contributed by atoms with Gasteiger partial charge in [0.05, 0.1) is 12.5 Å². The van der Waals surface area contributed by atoms with Crippen molar-refractivity contribution in [2.75, 3.05) is 6.61 Å². The van der Waals surface area contributed by atoms with E-state index in [1.54, 1.807) is 12.1 Å². The lowest BCUT2D eigenvalue weighted by atomic mass is 9.81. The standard InChI is InChI=1S/C22H21NO4/c24-12-15-6-8-19-21(10-15)27-22(23-19)18-7-9-20(18)26-17-3-1-2-16(11-17)25-13-14-4-5-14/h1-3,6,8,10-12,14,18,20H,4-5,7,9,13H2/t18-,20-/m0/s1. The molecule has 2 atom stereocenters. The SMILES string of the molecule is O=Cc1ccc2nc([C@H]3CC[C@@H]3Oc3cccc(OCC4CC4)c3)oc2c1. The Kier molecular flexibility index (Phi) is 4.07. The zero-order chi connectivity index (χ0) is 18.2. The van der Waals surface area contributed by atoms with Gasteiger partial charge in [0.1, 0.15) is 29.4 Å². The van der Waals surface area contributed by atoms with Crippen LogP contribution in [0.15, 0.2) is 46.9 Å². The fourth-order valence-electron chi connectivity index (χ4n) is 3.39. The summed E-state index contributed by atoms with van der Waals surface area (Å²) in [4.78, 5) is 15.5. The number of benzene rings is 2. The summed E-state index contributed by atoms with van der Waals surface area (Å²) in [6, 6.07) is 13.2. The van der Waals surface area contributed by atoms with Crippen LogP contribution in [0.1, 0.15) is 47.8 Å². The molecule has 0 amide bonds. The molecule has 5 heteroatoms. The lowest BCUT2D eigenvalue weighted by Gasteiger charge is -2.34. The first kappa shape index (κ1) is 16.4. The highest BCUT2D eigenvalue weighted by atomic mass is 16.5. The predicted octanol–water partition coefficient (Wildman–Crippen LogP) is 4.75. The van der Waals surface area contributed by atoms with E-state index in [4.69, 9.17) is 13.9 Å². The third-order valence-electron chi connectivity index (χ3n) is 5.37. The van der Waals surface area contributed by atoms with E-state index in [1.165, 1.54) is 12.8 Å². The molecule has 2 aliphatic rings. The molecule has 0 unspecified atom stereocenters. The topological polar surface area (TPSA) is 61.6 Å². The van der Waals surface area contributed by atoms with Gasteiger partial charge in [-0.05, 0) is 61.9 Å². The Morgan fingerprint density at radius 2 is 1.96 bits per heavy atom. The number of carbonyl (C=O) groups is 1. The third kappa shape index (κ3) is 3.42. The quantitative estimate of drug-likeness (QED) is 0.567. The predicted molar refractivity (Wildman–Crippen MR) is 100 cm³/mol. The summed E-state index contributed by atoms with van der Waals surface area (Å²) in [5, 5.41) is 0. The Labute approximate surface area is 157 Å². The van der Waals surface area contributed by atoms with Crippen molar-refractivity contribution in [1.82, 2.24) is 4.98 Å². The molecule has 0 spiro atoms. The van der Waals surface area contributed by atoms with Crippen molar-refractivity contribution < 1.29 is 18.7 Å². The monoisotopic (exact) mass is 363 g/mol. The van der Waals surface area contributed by atoms with Crippen molar-refractivity contribution in [3.63, 3.8) is 0 Å². The lowest BCUT2D eigenvalue weighted by Crippen LogP contribution is -2.34. The highest BCUT2D eigenvalue weighted by Gasteiger charge is 2.38. The number of fused-ring (bicyclic) bond motifs is 1. The fourth-order valence-corrected chi connectivity index (χ4v) is 3.39. The van der Waals surface area contributed by atoms with Gasteiger partial charge >= 0.3 is 0 Å². The Morgan fingerprint density at radius 3 is 2.74 bits per heavy atom. The second-order valence-corrected chi connectivity index (χ2v) is 7.47. The van der Waals surface area contributed by atoms with Crippen molar-refractivity contribution in [1.29, 1.82) is 0 Å². The molecule has 0 aliphatic heterocycles. The van der Waals surface area contributed by atoms with E-state index >= 15 is 0 Å². The molecule has 27 heavy (non-hydrogen) atoms. The van der Waals surface area contributed by atoms with Gasteiger partial charge in [0.15, 0.2) is 5.58 Å². The van der Waals surface area contributed by atoms with Gasteiger partial charge in [0.25, 0.3) is 0 Å². The van der Waals surface area contributed by atoms with Crippen LogP contribution in [0.3, 0.4) is 0 Å². The molecular formula is C22H21NO4. The van der Waals surface area contributed by atoms with Crippen molar-refractivity contribution in [2.45, 2.75) is 37.7 Å². The van der Waals surface area contributed by atoms with Gasteiger partial charge in [-0.2, -0.15) is 0 Å². The van der Waals surface area contributed by atoms with Gasteiger partial charge in [0.2, 0.25) is 5.89 Å². The smallest absolute Gasteiger partial charge is 0.202 e. The minimum absolute atomic E-state index is 0.0438. The number of hydrogen-bond donors (Lipinski definition) is 0. The van der Waals surface area contributed by atoms with E-state index in [9.17, 15) is 4.79 Å². The normalized spacial score (nSPS) is 21.6. The number of hydrogen-bond acceptors (Lipinski definition) is 5. The maximum absolute atomic E-state index is 10.9. The summed E-state index contributed by atoms with van der Waals surface area (Å²) >= 11 is 0. The molecule has 138 valence electrons. The van der Waals surface area contributed by atoms with Crippen LogP contribution in [0.25, 0.3) is 11.1 Å². The van der Waals surface area contributed by atoms with Crippen LogP contribution in [-0.2, 0) is 0 Å². The van der Waals surface area contributed by atoms with Gasteiger partial charge in [0, 0.05) is 11.6 Å². The number of aldehydes is 1. The molecule has 5 nitrogen and oxygen atoms in total. The second kappa shape index (κ2) is 6.72. The molecule has 2 fully saturated rings. The zero-order valence-corrected chi connectivity index (χ0v) is 15.0. The van der Waals surface area contributed by atoms with E-state index < -0.39 is 0 Å². The van der Waals surface area contributed by atoms with Gasteiger partial charge in [-0.15, -0.1) is 0 Å². The van der Waals surface area contributed by atoms with Crippen LogP contribution in [0.5, 0.6) is 11.5 Å². The summed E-state index contributed by atoms with van der Waals surface area (Å²) in [7, 11) is 0. The molecule has 0 N–H and O–H groups in total. The largest absolute Gasteiger partial charge is 0.493 e. The minimum atomic E-state index is 0.0438. The minimum Gasteiger partial charge on any atom is -0.493 e. The molecular weight excluding hydrogens is 342 g/mol. The zero-order valence-electron chi connectivity index (χ0n) is 15.0. The molecule has 3 aromatic rings. The van der Waals surface area contributed by atoms with E-state index in [2.05, 4.69) is 4.98 Å². The van der Waals surface area contributed by atoms with Gasteiger partial charge in [-0.25, -0.2) is 4.98 Å². The van der Waals surface area contributed by atoms with Crippen molar-refractivity contribution >= 4 is 17.4 Å². The van der Waals surface area contributed by atoms with Crippen molar-refractivity contribution in [2.24, 2.45) is 5.92 Å². The van der Waals surface area contributed by atoms with E-state index in [0.29, 0.717) is 17.0 Å². The number of ether oxygens (including phenoxy) is 2. The maximum Gasteiger partial charge on any atom is 0.202 e. The molecule has 2 aromatic carbocycles. The highest BCUT2D eigenvalue weighted by Crippen LogP contribution is 2.40. The third-order valence-corrected chi connectivity index (χ3v) is 5.37. The Morgan fingerprint density at radius 1 is 1.07 bits per heavy atom. The van der Waals surface area contributed by atoms with Crippen LogP contribution in [0.2, 0.25) is 0 Å².